The molecule has 1 amide bonds. The van der Waals surface area contributed by atoms with Gasteiger partial charge in [0.15, 0.2) is 11.5 Å². The molecular weight excluding hydrogens is 393 g/mol. The van der Waals surface area contributed by atoms with E-state index < -0.39 is 29.9 Å². The van der Waals surface area contributed by atoms with E-state index >= 15 is 0 Å². The van der Waals surface area contributed by atoms with Crippen molar-refractivity contribution < 1.29 is 27.4 Å². The Kier molecular flexibility index (Phi) is 4.49. The predicted octanol–water partition coefficient (Wildman–Crippen LogP) is 2.42. The van der Waals surface area contributed by atoms with Crippen LogP contribution in [0.1, 0.15) is 5.56 Å². The third-order valence-corrected chi connectivity index (χ3v) is 4.17. The van der Waals surface area contributed by atoms with E-state index in [9.17, 15) is 22.8 Å². The standard InChI is InChI=1S/C18H13F3N4O4/c19-18(20,21)11-1-4-13(5-2-11)25-9-22-17(27)24(25)8-16(26)23-12-3-6-14-15(7-12)29-10-28-14/h1-7,9H,8,10H2,(H,23,26). The van der Waals surface area contributed by atoms with Gasteiger partial charge in [0.25, 0.3) is 0 Å². The normalized spacial score (nSPS) is 12.8. The van der Waals surface area contributed by atoms with E-state index in [1.165, 1.54) is 16.8 Å². The van der Waals surface area contributed by atoms with Crippen LogP contribution in [-0.2, 0) is 17.5 Å². The number of alkyl halides is 3. The number of ether oxygens (including phenoxy) is 2. The summed E-state index contributed by atoms with van der Waals surface area (Å²) in [5, 5.41) is 2.62. The van der Waals surface area contributed by atoms with Gasteiger partial charge in [0.05, 0.1) is 11.3 Å². The summed E-state index contributed by atoms with van der Waals surface area (Å²) >= 11 is 0. The number of nitrogens with one attached hydrogen (secondary N) is 1. The second-order valence-corrected chi connectivity index (χ2v) is 6.09. The number of benzene rings is 2. The van der Waals surface area contributed by atoms with Gasteiger partial charge in [0.1, 0.15) is 12.9 Å². The van der Waals surface area contributed by atoms with Crippen LogP contribution in [0.4, 0.5) is 18.9 Å². The molecule has 1 N–H and O–H groups in total. The smallest absolute Gasteiger partial charge is 0.416 e. The molecule has 0 fully saturated rings. The Labute approximate surface area is 161 Å². The number of anilines is 1. The highest BCUT2D eigenvalue weighted by molar-refractivity contribution is 5.90. The van der Waals surface area contributed by atoms with E-state index in [1.54, 1.807) is 18.2 Å². The molecule has 3 aromatic rings. The Bertz CT molecular complexity index is 1120. The Morgan fingerprint density at radius 3 is 2.55 bits per heavy atom. The molecule has 11 heteroatoms. The van der Waals surface area contributed by atoms with Gasteiger partial charge in [-0.1, -0.05) is 0 Å². The number of fused-ring (bicyclic) bond motifs is 1. The quantitative estimate of drug-likeness (QED) is 0.719. The number of hydrogen-bond acceptors (Lipinski definition) is 5. The third kappa shape index (κ3) is 3.79. The van der Waals surface area contributed by atoms with Crippen molar-refractivity contribution in [1.82, 2.24) is 14.3 Å². The summed E-state index contributed by atoms with van der Waals surface area (Å²) in [6.45, 7) is -0.303. The van der Waals surface area contributed by atoms with Crippen molar-refractivity contribution in [2.24, 2.45) is 0 Å². The molecule has 0 atom stereocenters. The fourth-order valence-corrected chi connectivity index (χ4v) is 2.79. The molecule has 0 saturated carbocycles. The molecule has 1 aliphatic heterocycles. The lowest BCUT2D eigenvalue weighted by Gasteiger charge is -2.12. The van der Waals surface area contributed by atoms with E-state index in [0.717, 1.165) is 23.1 Å². The van der Waals surface area contributed by atoms with Gasteiger partial charge in [-0.2, -0.15) is 18.2 Å². The molecule has 2 heterocycles. The van der Waals surface area contributed by atoms with Gasteiger partial charge in [-0.3, -0.25) is 4.79 Å². The van der Waals surface area contributed by atoms with Crippen LogP contribution in [0.25, 0.3) is 5.69 Å². The average Bonchev–Trinajstić information content (AvgIpc) is 3.28. The summed E-state index contributed by atoms with van der Waals surface area (Å²) in [7, 11) is 0. The van der Waals surface area contributed by atoms with Crippen LogP contribution in [0, 0.1) is 0 Å². The minimum absolute atomic E-state index is 0.0917. The van der Waals surface area contributed by atoms with Crippen LogP contribution in [0.5, 0.6) is 11.5 Å². The summed E-state index contributed by atoms with van der Waals surface area (Å²) in [6, 6.07) is 8.98. The Balaban J connectivity index is 1.53. The second kappa shape index (κ2) is 7.00. The lowest BCUT2D eigenvalue weighted by molar-refractivity contribution is -0.137. The zero-order valence-electron chi connectivity index (χ0n) is 14.6. The number of carbonyl (C=O) groups is 1. The van der Waals surface area contributed by atoms with Crippen LogP contribution < -0.4 is 20.5 Å². The summed E-state index contributed by atoms with van der Waals surface area (Å²) in [5.41, 5.74) is -0.849. The number of amides is 1. The van der Waals surface area contributed by atoms with Crippen molar-refractivity contribution in [3.05, 3.63) is 64.8 Å². The molecule has 150 valence electrons. The van der Waals surface area contributed by atoms with E-state index in [1.807, 2.05) is 0 Å². The zero-order valence-corrected chi connectivity index (χ0v) is 14.6. The maximum Gasteiger partial charge on any atom is 0.416 e. The van der Waals surface area contributed by atoms with Crippen LogP contribution in [0.15, 0.2) is 53.6 Å². The summed E-state index contributed by atoms with van der Waals surface area (Å²) in [6.07, 6.45) is -3.34. The lowest BCUT2D eigenvalue weighted by atomic mass is 10.2. The lowest BCUT2D eigenvalue weighted by Crippen LogP contribution is -2.30. The van der Waals surface area contributed by atoms with Crippen molar-refractivity contribution in [1.29, 1.82) is 0 Å². The molecule has 0 spiro atoms. The molecule has 29 heavy (non-hydrogen) atoms. The van der Waals surface area contributed by atoms with Crippen LogP contribution >= 0.6 is 0 Å². The Morgan fingerprint density at radius 2 is 1.83 bits per heavy atom. The molecule has 2 aromatic carbocycles. The number of nitrogens with zero attached hydrogens (tertiary/aromatic N) is 3. The molecule has 8 nitrogen and oxygen atoms in total. The number of rotatable bonds is 4. The van der Waals surface area contributed by atoms with Crippen molar-refractivity contribution in [3.63, 3.8) is 0 Å². The molecular formula is C18H13F3N4O4. The van der Waals surface area contributed by atoms with Crippen LogP contribution in [0.2, 0.25) is 0 Å². The van der Waals surface area contributed by atoms with Crippen LogP contribution in [0.3, 0.4) is 0 Å². The summed E-state index contributed by atoms with van der Waals surface area (Å²) in [5.74, 6) is 0.508. The second-order valence-electron chi connectivity index (χ2n) is 6.09. The molecule has 4 rings (SSSR count). The minimum Gasteiger partial charge on any atom is -0.454 e. The van der Waals surface area contributed by atoms with Gasteiger partial charge in [0.2, 0.25) is 12.7 Å². The number of halogens is 3. The van der Waals surface area contributed by atoms with Crippen molar-refractivity contribution in [2.75, 3.05) is 12.1 Å². The van der Waals surface area contributed by atoms with Gasteiger partial charge < -0.3 is 14.8 Å². The first-order chi connectivity index (χ1) is 13.8. The molecule has 0 saturated heterocycles. The monoisotopic (exact) mass is 406 g/mol. The number of hydrogen-bond donors (Lipinski definition) is 1. The highest BCUT2D eigenvalue weighted by atomic mass is 19.4. The predicted molar refractivity (Wildman–Crippen MR) is 94.0 cm³/mol. The first-order valence-corrected chi connectivity index (χ1v) is 8.33. The zero-order chi connectivity index (χ0) is 20.6. The highest BCUT2D eigenvalue weighted by Gasteiger charge is 2.30. The topological polar surface area (TPSA) is 87.4 Å². The highest BCUT2D eigenvalue weighted by Crippen LogP contribution is 2.34. The van der Waals surface area contributed by atoms with Gasteiger partial charge in [0, 0.05) is 11.8 Å². The minimum atomic E-state index is -4.47. The first-order valence-electron chi connectivity index (χ1n) is 8.33. The molecule has 0 radical (unpaired) electrons. The Morgan fingerprint density at radius 1 is 1.10 bits per heavy atom. The molecule has 0 bridgehead atoms. The molecule has 1 aromatic heterocycles. The maximum atomic E-state index is 12.7. The van der Waals surface area contributed by atoms with Gasteiger partial charge in [-0.15, -0.1) is 0 Å². The van der Waals surface area contributed by atoms with Crippen LogP contribution in [-0.4, -0.2) is 27.0 Å². The van der Waals surface area contributed by atoms with Gasteiger partial charge >= 0.3 is 11.9 Å². The fourth-order valence-electron chi connectivity index (χ4n) is 2.79. The number of carbonyl (C=O) groups excluding carboxylic acids is 1. The SMILES string of the molecule is O=C(Cn1c(=O)ncn1-c1ccc(C(F)(F)F)cc1)Nc1ccc2c(c1)OCO2. The fraction of sp³-hybridized carbons (Fsp3) is 0.167. The van der Waals surface area contributed by atoms with Gasteiger partial charge in [-0.25, -0.2) is 14.2 Å². The third-order valence-electron chi connectivity index (χ3n) is 4.17. The molecule has 0 aliphatic carbocycles. The maximum absolute atomic E-state index is 12.7. The van der Waals surface area contributed by atoms with Gasteiger partial charge in [-0.05, 0) is 36.4 Å². The van der Waals surface area contributed by atoms with Crippen molar-refractivity contribution >= 4 is 11.6 Å². The van der Waals surface area contributed by atoms with Crippen molar-refractivity contribution in [3.8, 4) is 17.2 Å². The van der Waals surface area contributed by atoms with E-state index in [2.05, 4.69) is 10.3 Å². The summed E-state index contributed by atoms with van der Waals surface area (Å²) in [4.78, 5) is 28.0. The van der Waals surface area contributed by atoms with E-state index in [0.29, 0.717) is 17.2 Å². The average molecular weight is 406 g/mol. The molecule has 0 unspecified atom stereocenters. The van der Waals surface area contributed by atoms with E-state index in [4.69, 9.17) is 9.47 Å². The summed E-state index contributed by atoms with van der Waals surface area (Å²) < 4.78 is 50.8. The van der Waals surface area contributed by atoms with Crippen molar-refractivity contribution in [2.45, 2.75) is 12.7 Å². The number of aromatic nitrogens is 3. The molecule has 1 aliphatic rings. The van der Waals surface area contributed by atoms with E-state index in [-0.39, 0.29) is 12.5 Å². The first kappa shape index (κ1) is 18.6. The Hall–Kier alpha value is -3.76. The largest absolute Gasteiger partial charge is 0.454 e.